The monoisotopic (exact) mass is 602 g/mol. The first-order chi connectivity index (χ1) is 16.8. The first kappa shape index (κ1) is 23.7. The van der Waals surface area contributed by atoms with Crippen molar-refractivity contribution in [1.82, 2.24) is 5.01 Å². The van der Waals surface area contributed by atoms with Crippen LogP contribution in [0.3, 0.4) is 0 Å². The molecule has 2 fully saturated rings. The Balaban J connectivity index is 1.35. The minimum Gasteiger partial charge on any atom is -0.493 e. The Labute approximate surface area is 217 Å². The number of rotatable bonds is 7. The number of aromatic carboxylic acids is 1. The van der Waals surface area contributed by atoms with Crippen LogP contribution in [0.2, 0.25) is 0 Å². The number of nitrogens with zero attached hydrogens (tertiary/aromatic N) is 2. The van der Waals surface area contributed by atoms with Gasteiger partial charge in [-0.25, -0.2) is 4.79 Å². The van der Waals surface area contributed by atoms with E-state index in [1.54, 1.807) is 18.2 Å². The van der Waals surface area contributed by atoms with Crippen molar-refractivity contribution < 1.29 is 29.0 Å². The van der Waals surface area contributed by atoms with E-state index in [0.717, 1.165) is 17.0 Å². The van der Waals surface area contributed by atoms with Crippen molar-refractivity contribution in [2.75, 3.05) is 7.11 Å². The molecule has 2 aromatic rings. The highest BCUT2D eigenvalue weighted by atomic mass is 79.9. The molecule has 5 rings (SSSR count). The highest BCUT2D eigenvalue weighted by molar-refractivity contribution is 9.13. The van der Waals surface area contributed by atoms with Crippen LogP contribution >= 0.6 is 31.9 Å². The van der Waals surface area contributed by atoms with Crippen LogP contribution in [-0.2, 0) is 16.2 Å². The maximum atomic E-state index is 12.9. The number of halogens is 2. The number of carbonyl (C=O) groups excluding carboxylic acids is 2. The summed E-state index contributed by atoms with van der Waals surface area (Å²) in [6.07, 6.45) is 6.41. The second kappa shape index (κ2) is 9.23. The number of fused-ring (bicyclic) bond motifs is 5. The zero-order valence-electron chi connectivity index (χ0n) is 18.5. The second-order valence-electron chi connectivity index (χ2n) is 8.65. The fourth-order valence-corrected chi connectivity index (χ4v) is 5.94. The maximum absolute atomic E-state index is 12.9. The van der Waals surface area contributed by atoms with Gasteiger partial charge in [-0.05, 0) is 73.9 Å². The molecular weight excluding hydrogens is 584 g/mol. The van der Waals surface area contributed by atoms with E-state index < -0.39 is 5.97 Å². The zero-order chi connectivity index (χ0) is 24.9. The summed E-state index contributed by atoms with van der Waals surface area (Å²) in [7, 11) is 1.50. The minimum absolute atomic E-state index is 0.124. The molecule has 2 amide bonds. The molecule has 2 bridgehead atoms. The van der Waals surface area contributed by atoms with Crippen molar-refractivity contribution in [2.45, 2.75) is 13.0 Å². The van der Waals surface area contributed by atoms with Gasteiger partial charge in [0.1, 0.15) is 6.61 Å². The van der Waals surface area contributed by atoms with Gasteiger partial charge in [-0.1, -0.05) is 24.3 Å². The van der Waals surface area contributed by atoms with Gasteiger partial charge < -0.3 is 14.6 Å². The molecule has 4 atom stereocenters. The van der Waals surface area contributed by atoms with Crippen LogP contribution in [0.5, 0.6) is 11.5 Å². The van der Waals surface area contributed by atoms with Crippen LogP contribution in [0.4, 0.5) is 0 Å². The third kappa shape index (κ3) is 4.08. The lowest BCUT2D eigenvalue weighted by molar-refractivity contribution is -0.140. The average molecular weight is 604 g/mol. The number of hydrazone groups is 1. The van der Waals surface area contributed by atoms with Crippen LogP contribution in [0.15, 0.2) is 56.5 Å². The smallest absolute Gasteiger partial charge is 0.335 e. The van der Waals surface area contributed by atoms with E-state index in [4.69, 9.17) is 14.6 Å². The predicted molar refractivity (Wildman–Crippen MR) is 133 cm³/mol. The summed E-state index contributed by atoms with van der Waals surface area (Å²) in [5.74, 6) is -0.995. The molecule has 0 unspecified atom stereocenters. The molecular formula is C25H20Br2N2O6. The molecule has 1 saturated heterocycles. The summed E-state index contributed by atoms with van der Waals surface area (Å²) in [4.78, 5) is 36.8. The van der Waals surface area contributed by atoms with E-state index in [1.165, 1.54) is 25.5 Å². The molecule has 10 heteroatoms. The van der Waals surface area contributed by atoms with Gasteiger partial charge in [0.25, 0.3) is 11.8 Å². The summed E-state index contributed by atoms with van der Waals surface area (Å²) < 4.78 is 12.6. The van der Waals surface area contributed by atoms with Gasteiger partial charge in [0.2, 0.25) is 0 Å². The van der Waals surface area contributed by atoms with Crippen LogP contribution in [0.1, 0.15) is 27.9 Å². The summed E-state index contributed by atoms with van der Waals surface area (Å²) in [6.45, 7) is 0.185. The zero-order valence-corrected chi connectivity index (χ0v) is 21.7. The summed E-state index contributed by atoms with van der Waals surface area (Å²) in [6, 6.07) is 8.08. The van der Waals surface area contributed by atoms with E-state index in [-0.39, 0.29) is 47.7 Å². The van der Waals surface area contributed by atoms with Crippen molar-refractivity contribution in [1.29, 1.82) is 0 Å². The number of allylic oxidation sites excluding steroid dienone is 2. The molecule has 1 aliphatic heterocycles. The fourth-order valence-electron chi connectivity index (χ4n) is 5.00. The molecule has 3 aliphatic rings. The lowest BCUT2D eigenvalue weighted by Crippen LogP contribution is -2.28. The molecule has 0 aromatic heterocycles. The Morgan fingerprint density at radius 3 is 2.31 bits per heavy atom. The van der Waals surface area contributed by atoms with Gasteiger partial charge in [-0.2, -0.15) is 10.1 Å². The third-order valence-corrected chi connectivity index (χ3v) is 8.86. The number of carboxylic acids is 1. The highest BCUT2D eigenvalue weighted by Crippen LogP contribution is 2.52. The number of ether oxygens (including phenoxy) is 2. The topological polar surface area (TPSA) is 106 Å². The van der Waals surface area contributed by atoms with Gasteiger partial charge in [0.05, 0.1) is 35.2 Å². The Morgan fingerprint density at radius 1 is 1.11 bits per heavy atom. The lowest BCUT2D eigenvalue weighted by atomic mass is 9.85. The highest BCUT2D eigenvalue weighted by Gasteiger charge is 2.59. The first-order valence-corrected chi connectivity index (χ1v) is 12.5. The first-order valence-electron chi connectivity index (χ1n) is 10.9. The minimum atomic E-state index is -0.993. The molecule has 8 nitrogen and oxygen atoms in total. The fraction of sp³-hybridized carbons (Fsp3) is 0.280. The molecule has 2 aliphatic carbocycles. The summed E-state index contributed by atoms with van der Waals surface area (Å²) in [5.41, 5.74) is 1.57. The molecule has 2 aromatic carbocycles. The quantitative estimate of drug-likeness (QED) is 0.281. The number of hydrogen-bond donors (Lipinski definition) is 1. The number of carbonyl (C=O) groups is 3. The third-order valence-electron chi connectivity index (χ3n) is 6.72. The normalized spacial score (nSPS) is 24.5. The summed E-state index contributed by atoms with van der Waals surface area (Å²) >= 11 is 7.05. The van der Waals surface area contributed by atoms with Crippen molar-refractivity contribution in [3.05, 3.63) is 68.1 Å². The largest absolute Gasteiger partial charge is 0.493 e. The van der Waals surface area contributed by atoms with Crippen molar-refractivity contribution in [3.63, 3.8) is 0 Å². The van der Waals surface area contributed by atoms with Crippen LogP contribution < -0.4 is 9.47 Å². The average Bonchev–Trinajstić information content (AvgIpc) is 3.53. The molecule has 1 saturated carbocycles. The molecule has 0 spiro atoms. The van der Waals surface area contributed by atoms with Crippen LogP contribution in [0.25, 0.3) is 0 Å². The maximum Gasteiger partial charge on any atom is 0.335 e. The number of methoxy groups -OCH3 is 1. The number of carboxylic acid groups (broad SMARTS) is 1. The number of benzene rings is 2. The summed E-state index contributed by atoms with van der Waals surface area (Å²) in [5, 5.41) is 14.3. The van der Waals surface area contributed by atoms with E-state index in [2.05, 4.69) is 37.0 Å². The molecule has 0 radical (unpaired) electrons. The molecule has 35 heavy (non-hydrogen) atoms. The van der Waals surface area contributed by atoms with Gasteiger partial charge in [-0.3, -0.25) is 9.59 Å². The Kier molecular flexibility index (Phi) is 6.27. The molecule has 180 valence electrons. The van der Waals surface area contributed by atoms with Gasteiger partial charge >= 0.3 is 5.97 Å². The van der Waals surface area contributed by atoms with Crippen molar-refractivity contribution >= 4 is 55.9 Å². The number of amides is 2. The van der Waals surface area contributed by atoms with Gasteiger partial charge in [0, 0.05) is 10.0 Å². The molecule has 1 heterocycles. The van der Waals surface area contributed by atoms with Crippen LogP contribution in [-0.4, -0.2) is 41.2 Å². The standard InChI is InChI=1S/C25H20Br2N2O6/c1-34-17-9-16(10-28-29-23(30)18-14-6-7-15(8-14)19(18)24(29)31)20(26)21(27)22(17)35-11-12-2-4-13(5-3-12)25(32)33/h2-7,9-10,14-15,18-19H,8,11H2,1H3,(H,32,33)/t14-,15-,18-,19+/m0/s1. The van der Waals surface area contributed by atoms with Crippen molar-refractivity contribution in [3.8, 4) is 11.5 Å². The molecule has 1 N–H and O–H groups in total. The van der Waals surface area contributed by atoms with Gasteiger partial charge in [0.15, 0.2) is 11.5 Å². The van der Waals surface area contributed by atoms with E-state index in [0.29, 0.717) is 26.0 Å². The SMILES string of the molecule is COc1cc(C=NN2C(=O)[C@@H]3[C@H](C2=O)[C@H]2C=C[C@H]3C2)c(Br)c(Br)c1OCc1ccc(C(=O)O)cc1. The van der Waals surface area contributed by atoms with E-state index >= 15 is 0 Å². The number of imide groups is 1. The van der Waals surface area contributed by atoms with Gasteiger partial charge in [-0.15, -0.1) is 0 Å². The van der Waals surface area contributed by atoms with Crippen molar-refractivity contribution in [2.24, 2.45) is 28.8 Å². The number of hydrogen-bond acceptors (Lipinski definition) is 6. The van der Waals surface area contributed by atoms with Crippen LogP contribution in [0, 0.1) is 23.7 Å². The van der Waals surface area contributed by atoms with E-state index in [9.17, 15) is 14.4 Å². The van der Waals surface area contributed by atoms with E-state index in [1.807, 2.05) is 12.2 Å². The second-order valence-corrected chi connectivity index (χ2v) is 10.2. The Bertz CT molecular complexity index is 1260. The Morgan fingerprint density at radius 2 is 1.74 bits per heavy atom. The predicted octanol–water partition coefficient (Wildman–Crippen LogP) is 4.64. The Hall–Kier alpha value is -2.98. The lowest BCUT2D eigenvalue weighted by Gasteiger charge is -2.16.